The van der Waals surface area contributed by atoms with E-state index in [1.165, 1.54) is 0 Å². The lowest BCUT2D eigenvalue weighted by atomic mass is 10.1. The molecule has 5 nitrogen and oxygen atoms in total. The van der Waals surface area contributed by atoms with Gasteiger partial charge in [-0.05, 0) is 45.6 Å². The highest BCUT2D eigenvalue weighted by Crippen LogP contribution is 2.46. The van der Waals surface area contributed by atoms with E-state index in [2.05, 4.69) is 5.32 Å². The Morgan fingerprint density at radius 2 is 2.00 bits per heavy atom. The number of nitrogens with zero attached hydrogens (tertiary/aromatic N) is 1. The molecule has 1 saturated heterocycles. The average Bonchev–Trinajstić information content (AvgIpc) is 2.89. The topological polar surface area (TPSA) is 61.8 Å². The van der Waals surface area contributed by atoms with E-state index in [1.807, 2.05) is 44.7 Å². The van der Waals surface area contributed by atoms with Gasteiger partial charge in [0.25, 0.3) is 0 Å². The highest BCUT2D eigenvalue weighted by Gasteiger charge is 2.56. The van der Waals surface area contributed by atoms with Gasteiger partial charge in [0.05, 0.1) is 0 Å². The van der Waals surface area contributed by atoms with E-state index in [0.717, 1.165) is 24.2 Å². The van der Waals surface area contributed by atoms with Crippen molar-refractivity contribution in [2.75, 3.05) is 13.1 Å². The van der Waals surface area contributed by atoms with Crippen LogP contribution in [0.4, 0.5) is 4.79 Å². The molecule has 1 saturated carbocycles. The van der Waals surface area contributed by atoms with Crippen molar-refractivity contribution in [2.45, 2.75) is 45.9 Å². The smallest absolute Gasteiger partial charge is 0.410 e. The molecule has 1 aromatic carbocycles. The molecule has 0 spiro atoms. The molecule has 1 aliphatic carbocycles. The molecule has 0 radical (unpaired) electrons. The summed E-state index contributed by atoms with van der Waals surface area (Å²) in [4.78, 5) is 13.9. The molecule has 1 amide bonds. The standard InChI is InChI=1S/C18H26N2O3/c1-11-5-6-15(21)12(7-11)8-19-16-13-9-20(10-14(13)16)17(22)23-18(2,3)4/h5-7,13-14,16,19,21H,8-10H2,1-4H3. The molecule has 126 valence electrons. The third kappa shape index (κ3) is 3.61. The number of carbonyl (C=O) groups is 1. The minimum absolute atomic E-state index is 0.209. The fourth-order valence-electron chi connectivity index (χ4n) is 3.39. The zero-order valence-electron chi connectivity index (χ0n) is 14.3. The third-order valence-electron chi connectivity index (χ3n) is 4.61. The molecule has 2 N–H and O–H groups in total. The average molecular weight is 318 g/mol. The van der Waals surface area contributed by atoms with Crippen LogP contribution in [0.3, 0.4) is 0 Å². The largest absolute Gasteiger partial charge is 0.508 e. The van der Waals surface area contributed by atoms with Crippen LogP contribution in [0.1, 0.15) is 31.9 Å². The van der Waals surface area contributed by atoms with Gasteiger partial charge in [-0.25, -0.2) is 4.79 Å². The van der Waals surface area contributed by atoms with Crippen LogP contribution < -0.4 is 5.32 Å². The fourth-order valence-corrected chi connectivity index (χ4v) is 3.39. The van der Waals surface area contributed by atoms with Crippen molar-refractivity contribution in [3.63, 3.8) is 0 Å². The van der Waals surface area contributed by atoms with E-state index in [9.17, 15) is 9.90 Å². The molecule has 0 bridgehead atoms. The Morgan fingerprint density at radius 1 is 1.35 bits per heavy atom. The summed E-state index contributed by atoms with van der Waals surface area (Å²) in [6, 6.07) is 6.09. The van der Waals surface area contributed by atoms with Gasteiger partial charge in [-0.3, -0.25) is 0 Å². The zero-order chi connectivity index (χ0) is 16.8. The lowest BCUT2D eigenvalue weighted by molar-refractivity contribution is 0.0269. The number of nitrogens with one attached hydrogen (secondary N) is 1. The second kappa shape index (κ2) is 5.71. The Kier molecular flexibility index (Phi) is 4.00. The van der Waals surface area contributed by atoms with Crippen LogP contribution in [0.25, 0.3) is 0 Å². The van der Waals surface area contributed by atoms with Crippen molar-refractivity contribution in [2.24, 2.45) is 11.8 Å². The van der Waals surface area contributed by atoms with Crippen LogP contribution >= 0.6 is 0 Å². The monoisotopic (exact) mass is 318 g/mol. The number of aryl methyl sites for hydroxylation is 1. The van der Waals surface area contributed by atoms with Gasteiger partial charge in [-0.2, -0.15) is 0 Å². The SMILES string of the molecule is Cc1ccc(O)c(CNC2C3CN(C(=O)OC(C)(C)C)CC32)c1. The first-order valence-corrected chi connectivity index (χ1v) is 8.24. The summed E-state index contributed by atoms with van der Waals surface area (Å²) in [5, 5.41) is 13.4. The first-order chi connectivity index (χ1) is 10.7. The summed E-state index contributed by atoms with van der Waals surface area (Å²) in [6.07, 6.45) is -0.209. The van der Waals surface area contributed by atoms with Crippen LogP contribution in [0.2, 0.25) is 0 Å². The van der Waals surface area contributed by atoms with E-state index in [-0.39, 0.29) is 6.09 Å². The highest BCUT2D eigenvalue weighted by atomic mass is 16.6. The predicted molar refractivity (Wildman–Crippen MR) is 88.3 cm³/mol. The van der Waals surface area contributed by atoms with E-state index in [1.54, 1.807) is 6.07 Å². The maximum atomic E-state index is 12.0. The maximum absolute atomic E-state index is 12.0. The Bertz CT molecular complexity index is 597. The molecule has 2 unspecified atom stereocenters. The van der Waals surface area contributed by atoms with Crippen LogP contribution in [0.5, 0.6) is 5.75 Å². The lowest BCUT2D eigenvalue weighted by Gasteiger charge is -2.26. The molecule has 1 aliphatic heterocycles. The first kappa shape index (κ1) is 16.1. The molecule has 3 rings (SSSR count). The lowest BCUT2D eigenvalue weighted by Crippen LogP contribution is -2.39. The van der Waals surface area contributed by atoms with Gasteiger partial charge >= 0.3 is 6.09 Å². The Morgan fingerprint density at radius 3 is 2.61 bits per heavy atom. The van der Waals surface area contributed by atoms with Crippen molar-refractivity contribution < 1.29 is 14.6 Å². The second-order valence-electron chi connectivity index (χ2n) is 7.75. The number of phenolic OH excluding ortho intramolecular Hbond substituents is 1. The normalized spacial score (nSPS) is 26.1. The van der Waals surface area contributed by atoms with E-state index in [0.29, 0.717) is 30.2 Å². The Labute approximate surface area is 137 Å². The molecule has 2 atom stereocenters. The summed E-state index contributed by atoms with van der Waals surface area (Å²) >= 11 is 0. The molecular formula is C18H26N2O3. The summed E-state index contributed by atoms with van der Waals surface area (Å²) in [7, 11) is 0. The van der Waals surface area contributed by atoms with Gasteiger partial charge in [0.15, 0.2) is 0 Å². The number of hydrogen-bond donors (Lipinski definition) is 2. The number of likely N-dealkylation sites (tertiary alicyclic amines) is 1. The fraction of sp³-hybridized carbons (Fsp3) is 0.611. The van der Waals surface area contributed by atoms with Gasteiger partial charge in [0.2, 0.25) is 0 Å². The second-order valence-corrected chi connectivity index (χ2v) is 7.75. The quantitative estimate of drug-likeness (QED) is 0.899. The minimum atomic E-state index is -0.440. The molecule has 2 fully saturated rings. The van der Waals surface area contributed by atoms with Gasteiger partial charge in [0.1, 0.15) is 11.4 Å². The van der Waals surface area contributed by atoms with E-state index < -0.39 is 5.60 Å². The number of phenols is 1. The molecule has 1 aromatic rings. The summed E-state index contributed by atoms with van der Waals surface area (Å²) < 4.78 is 5.42. The van der Waals surface area contributed by atoms with E-state index >= 15 is 0 Å². The van der Waals surface area contributed by atoms with Crippen LogP contribution in [-0.4, -0.2) is 40.8 Å². The molecule has 0 aromatic heterocycles. The number of benzene rings is 1. The maximum Gasteiger partial charge on any atom is 0.410 e. The van der Waals surface area contributed by atoms with E-state index in [4.69, 9.17) is 4.74 Å². The molecular weight excluding hydrogens is 292 g/mol. The molecule has 2 aliphatic rings. The minimum Gasteiger partial charge on any atom is -0.508 e. The number of piperidine rings is 1. The van der Waals surface area contributed by atoms with Crippen molar-refractivity contribution in [1.29, 1.82) is 0 Å². The number of fused-ring (bicyclic) bond motifs is 1. The third-order valence-corrected chi connectivity index (χ3v) is 4.61. The zero-order valence-corrected chi connectivity index (χ0v) is 14.3. The molecule has 5 heteroatoms. The number of rotatable bonds is 3. The summed E-state index contributed by atoms with van der Waals surface area (Å²) in [5.41, 5.74) is 1.63. The first-order valence-electron chi connectivity index (χ1n) is 8.24. The van der Waals surface area contributed by atoms with Crippen LogP contribution in [-0.2, 0) is 11.3 Å². The molecule has 1 heterocycles. The van der Waals surface area contributed by atoms with Crippen molar-refractivity contribution in [3.8, 4) is 5.75 Å². The Hall–Kier alpha value is -1.75. The van der Waals surface area contributed by atoms with Gasteiger partial charge < -0.3 is 20.1 Å². The van der Waals surface area contributed by atoms with Crippen molar-refractivity contribution in [3.05, 3.63) is 29.3 Å². The summed E-state index contributed by atoms with van der Waals surface area (Å²) in [5.74, 6) is 1.35. The summed E-state index contributed by atoms with van der Waals surface area (Å²) in [6.45, 7) is 9.88. The van der Waals surface area contributed by atoms with Gasteiger partial charge in [-0.1, -0.05) is 17.7 Å². The number of amides is 1. The Balaban J connectivity index is 1.47. The number of aromatic hydroxyl groups is 1. The molecule has 23 heavy (non-hydrogen) atoms. The van der Waals surface area contributed by atoms with Gasteiger partial charge in [0, 0.05) is 31.2 Å². The van der Waals surface area contributed by atoms with Crippen LogP contribution in [0.15, 0.2) is 18.2 Å². The highest BCUT2D eigenvalue weighted by molar-refractivity contribution is 5.69. The van der Waals surface area contributed by atoms with Crippen molar-refractivity contribution in [1.82, 2.24) is 10.2 Å². The number of hydrogen-bond acceptors (Lipinski definition) is 4. The number of ether oxygens (including phenoxy) is 1. The van der Waals surface area contributed by atoms with Crippen molar-refractivity contribution >= 4 is 6.09 Å². The number of carbonyl (C=O) groups excluding carboxylic acids is 1. The predicted octanol–water partition coefficient (Wildman–Crippen LogP) is 2.66. The van der Waals surface area contributed by atoms with Crippen LogP contribution in [0, 0.1) is 18.8 Å². The van der Waals surface area contributed by atoms with Gasteiger partial charge in [-0.15, -0.1) is 0 Å².